The number of carbonyl (C=O) groups is 3. The maximum Gasteiger partial charge on any atom is 0.372 e. The summed E-state index contributed by atoms with van der Waals surface area (Å²) in [7, 11) is 0. The first-order valence-corrected chi connectivity index (χ1v) is 8.66. The van der Waals surface area contributed by atoms with E-state index in [1.165, 1.54) is 4.90 Å². The van der Waals surface area contributed by atoms with E-state index in [0.29, 0.717) is 30.4 Å². The Morgan fingerprint density at radius 3 is 2.15 bits per heavy atom. The normalized spacial score (nSPS) is 13.7. The minimum atomic E-state index is -1.04. The molecule has 1 heterocycles. The molecule has 0 saturated carbocycles. The lowest BCUT2D eigenvalue weighted by atomic mass is 10.1. The van der Waals surface area contributed by atoms with Gasteiger partial charge in [-0.05, 0) is 49.6 Å². The van der Waals surface area contributed by atoms with Crippen molar-refractivity contribution in [2.24, 2.45) is 0 Å². The van der Waals surface area contributed by atoms with Crippen LogP contribution in [0, 0.1) is 0 Å². The number of allylic oxidation sites excluding steroid dienone is 1. The summed E-state index contributed by atoms with van der Waals surface area (Å²) >= 11 is 0. The molecule has 138 valence electrons. The van der Waals surface area contributed by atoms with Crippen LogP contribution in [0.15, 0.2) is 66.5 Å². The van der Waals surface area contributed by atoms with Gasteiger partial charge in [-0.1, -0.05) is 30.3 Å². The SMILES string of the molecule is O=C(Oc1ccccc1)/C(F)=C/CCCCN1C(=O)c2ccccc2C1=O. The molecule has 3 rings (SSSR count). The second-order valence-corrected chi connectivity index (χ2v) is 6.06. The minimum absolute atomic E-state index is 0.260. The maximum atomic E-state index is 13.8. The minimum Gasteiger partial charge on any atom is -0.421 e. The largest absolute Gasteiger partial charge is 0.421 e. The molecular formula is C21H18FNO4. The van der Waals surface area contributed by atoms with Crippen LogP contribution in [0.4, 0.5) is 4.39 Å². The molecule has 0 atom stereocenters. The maximum absolute atomic E-state index is 13.8. The molecule has 0 N–H and O–H groups in total. The highest BCUT2D eigenvalue weighted by atomic mass is 19.1. The monoisotopic (exact) mass is 367 g/mol. The fourth-order valence-corrected chi connectivity index (χ4v) is 2.81. The molecule has 2 amide bonds. The van der Waals surface area contributed by atoms with E-state index in [9.17, 15) is 18.8 Å². The third-order valence-corrected chi connectivity index (χ3v) is 4.19. The van der Waals surface area contributed by atoms with Gasteiger partial charge in [0, 0.05) is 6.54 Å². The highest BCUT2D eigenvalue weighted by Gasteiger charge is 2.34. The molecule has 6 heteroatoms. The van der Waals surface area contributed by atoms with Gasteiger partial charge in [0.05, 0.1) is 11.1 Å². The number of ether oxygens (including phenoxy) is 1. The second-order valence-electron chi connectivity index (χ2n) is 6.06. The lowest BCUT2D eigenvalue weighted by Crippen LogP contribution is -2.30. The molecular weight excluding hydrogens is 349 g/mol. The first-order chi connectivity index (χ1) is 13.1. The number of fused-ring (bicyclic) bond motifs is 1. The molecule has 0 fully saturated rings. The molecule has 1 aliphatic rings. The molecule has 2 aromatic carbocycles. The Labute approximate surface area is 156 Å². The van der Waals surface area contributed by atoms with Crippen molar-refractivity contribution in [3.05, 3.63) is 77.6 Å². The number of unbranched alkanes of at least 4 members (excludes halogenated alkanes) is 2. The summed E-state index contributed by atoms with van der Waals surface area (Å²) < 4.78 is 18.7. The van der Waals surface area contributed by atoms with Gasteiger partial charge in [0.15, 0.2) is 0 Å². The summed E-state index contributed by atoms with van der Waals surface area (Å²) in [6, 6.07) is 15.0. The van der Waals surface area contributed by atoms with Gasteiger partial charge >= 0.3 is 5.97 Å². The Balaban J connectivity index is 1.44. The molecule has 0 spiro atoms. The number of para-hydroxylation sites is 1. The molecule has 27 heavy (non-hydrogen) atoms. The Hall–Kier alpha value is -3.28. The number of rotatable bonds is 7. The zero-order valence-corrected chi connectivity index (χ0v) is 14.6. The van der Waals surface area contributed by atoms with Crippen molar-refractivity contribution in [2.75, 3.05) is 6.54 Å². The Morgan fingerprint density at radius 2 is 1.52 bits per heavy atom. The molecule has 2 aromatic rings. The van der Waals surface area contributed by atoms with Crippen molar-refractivity contribution in [3.63, 3.8) is 0 Å². The van der Waals surface area contributed by atoms with Crippen LogP contribution in [0.25, 0.3) is 0 Å². The van der Waals surface area contributed by atoms with Crippen LogP contribution < -0.4 is 4.74 Å². The van der Waals surface area contributed by atoms with E-state index in [-0.39, 0.29) is 24.1 Å². The zero-order chi connectivity index (χ0) is 19.2. The number of imide groups is 1. The fourth-order valence-electron chi connectivity index (χ4n) is 2.81. The van der Waals surface area contributed by atoms with Crippen LogP contribution in [-0.4, -0.2) is 29.2 Å². The highest BCUT2D eigenvalue weighted by Crippen LogP contribution is 2.22. The summed E-state index contributed by atoms with van der Waals surface area (Å²) in [6.07, 6.45) is 2.51. The summed E-state index contributed by atoms with van der Waals surface area (Å²) in [5.41, 5.74) is 0.828. The van der Waals surface area contributed by atoms with Gasteiger partial charge in [0.1, 0.15) is 5.75 Å². The van der Waals surface area contributed by atoms with Gasteiger partial charge in [-0.3, -0.25) is 14.5 Å². The number of nitrogens with zero attached hydrogens (tertiary/aromatic N) is 1. The van der Waals surface area contributed by atoms with E-state index in [1.807, 2.05) is 0 Å². The van der Waals surface area contributed by atoms with Gasteiger partial charge in [0.2, 0.25) is 5.83 Å². The van der Waals surface area contributed by atoms with Crippen LogP contribution >= 0.6 is 0 Å². The molecule has 0 bridgehead atoms. The number of halogens is 1. The van der Waals surface area contributed by atoms with Crippen molar-refractivity contribution in [1.29, 1.82) is 0 Å². The van der Waals surface area contributed by atoms with Crippen molar-refractivity contribution >= 4 is 17.8 Å². The molecule has 0 aliphatic carbocycles. The van der Waals surface area contributed by atoms with Crippen molar-refractivity contribution in [1.82, 2.24) is 4.90 Å². The number of hydrogen-bond donors (Lipinski definition) is 0. The van der Waals surface area contributed by atoms with E-state index in [2.05, 4.69) is 0 Å². The van der Waals surface area contributed by atoms with E-state index >= 15 is 0 Å². The summed E-state index contributed by atoms with van der Waals surface area (Å²) in [5.74, 6) is -2.33. The van der Waals surface area contributed by atoms with E-state index in [4.69, 9.17) is 4.74 Å². The van der Waals surface area contributed by atoms with Crippen LogP contribution in [-0.2, 0) is 4.79 Å². The quantitative estimate of drug-likeness (QED) is 0.245. The average molecular weight is 367 g/mol. The highest BCUT2D eigenvalue weighted by molar-refractivity contribution is 6.21. The molecule has 0 aromatic heterocycles. The first-order valence-electron chi connectivity index (χ1n) is 8.66. The van der Waals surface area contributed by atoms with Gasteiger partial charge in [0.25, 0.3) is 11.8 Å². The Kier molecular flexibility index (Phi) is 5.76. The first kappa shape index (κ1) is 18.5. The third kappa shape index (κ3) is 4.28. The topological polar surface area (TPSA) is 63.7 Å². The molecule has 5 nitrogen and oxygen atoms in total. The molecule has 0 radical (unpaired) electrons. The number of amides is 2. The second kappa shape index (κ2) is 8.40. The molecule has 0 unspecified atom stereocenters. The predicted octanol–water partition coefficient (Wildman–Crippen LogP) is 3.91. The van der Waals surface area contributed by atoms with Gasteiger partial charge in [-0.25, -0.2) is 4.79 Å². The van der Waals surface area contributed by atoms with Crippen molar-refractivity contribution in [2.45, 2.75) is 19.3 Å². The Bertz CT molecular complexity index is 857. The van der Waals surface area contributed by atoms with Crippen LogP contribution in [0.3, 0.4) is 0 Å². The van der Waals surface area contributed by atoms with E-state index in [0.717, 1.165) is 6.08 Å². The third-order valence-electron chi connectivity index (χ3n) is 4.19. The fraction of sp³-hybridized carbons (Fsp3) is 0.190. The molecule has 0 saturated heterocycles. The van der Waals surface area contributed by atoms with Gasteiger partial charge in [-0.2, -0.15) is 4.39 Å². The van der Waals surface area contributed by atoms with E-state index in [1.54, 1.807) is 54.6 Å². The van der Waals surface area contributed by atoms with Crippen LogP contribution in [0.1, 0.15) is 40.0 Å². The summed E-state index contributed by atoms with van der Waals surface area (Å²) in [5, 5.41) is 0. The average Bonchev–Trinajstić information content (AvgIpc) is 2.93. The number of carbonyl (C=O) groups excluding carboxylic acids is 3. The van der Waals surface area contributed by atoms with Crippen LogP contribution in [0.5, 0.6) is 5.75 Å². The summed E-state index contributed by atoms with van der Waals surface area (Å²) in [6.45, 7) is 0.260. The van der Waals surface area contributed by atoms with Crippen molar-refractivity contribution < 1.29 is 23.5 Å². The summed E-state index contributed by atoms with van der Waals surface area (Å²) in [4.78, 5) is 37.3. The Morgan fingerprint density at radius 1 is 0.926 bits per heavy atom. The van der Waals surface area contributed by atoms with Gasteiger partial charge in [-0.15, -0.1) is 0 Å². The number of hydrogen-bond acceptors (Lipinski definition) is 4. The molecule has 1 aliphatic heterocycles. The van der Waals surface area contributed by atoms with Crippen LogP contribution in [0.2, 0.25) is 0 Å². The predicted molar refractivity (Wildman–Crippen MR) is 96.9 cm³/mol. The lowest BCUT2D eigenvalue weighted by molar-refractivity contribution is -0.131. The van der Waals surface area contributed by atoms with Crippen molar-refractivity contribution in [3.8, 4) is 5.75 Å². The lowest BCUT2D eigenvalue weighted by Gasteiger charge is -2.12. The number of benzene rings is 2. The van der Waals surface area contributed by atoms with E-state index < -0.39 is 11.8 Å². The smallest absolute Gasteiger partial charge is 0.372 e. The number of esters is 1. The zero-order valence-electron chi connectivity index (χ0n) is 14.6. The standard InChI is InChI=1S/C21H18FNO4/c22-18(21(26)27-15-9-3-1-4-10-15)13-5-2-8-14-23-19(24)16-11-6-7-12-17(16)20(23)25/h1,3-4,6-7,9-13H,2,5,8,14H2/b18-13-. The van der Waals surface area contributed by atoms with Gasteiger partial charge < -0.3 is 4.74 Å².